The van der Waals surface area contributed by atoms with Crippen molar-refractivity contribution in [3.8, 4) is 0 Å². The number of hydrogen-bond donors (Lipinski definition) is 1. The summed E-state index contributed by atoms with van der Waals surface area (Å²) in [5, 5.41) is 9.76. The molecular formula is C13H23NO2. The quantitative estimate of drug-likeness (QED) is 0.743. The van der Waals surface area contributed by atoms with E-state index in [2.05, 4.69) is 12.2 Å². The highest BCUT2D eigenvalue weighted by molar-refractivity contribution is 5.79. The lowest BCUT2D eigenvalue weighted by atomic mass is 9.92. The van der Waals surface area contributed by atoms with Crippen LogP contribution in [-0.2, 0) is 4.79 Å². The van der Waals surface area contributed by atoms with Crippen LogP contribution in [0.15, 0.2) is 12.2 Å². The van der Waals surface area contributed by atoms with E-state index >= 15 is 0 Å². The maximum Gasteiger partial charge on any atom is 0.226 e. The molecular weight excluding hydrogens is 202 g/mol. The van der Waals surface area contributed by atoms with Gasteiger partial charge in [0.25, 0.3) is 0 Å². The van der Waals surface area contributed by atoms with E-state index in [1.165, 1.54) is 0 Å². The second-order valence-corrected chi connectivity index (χ2v) is 5.15. The summed E-state index contributed by atoms with van der Waals surface area (Å²) >= 11 is 0. The fourth-order valence-electron chi connectivity index (χ4n) is 2.09. The number of likely N-dealkylation sites (N-methyl/N-ethyl adjacent to an activating group) is 1. The molecule has 0 bridgehead atoms. The van der Waals surface area contributed by atoms with Gasteiger partial charge in [-0.2, -0.15) is 0 Å². The lowest BCUT2D eigenvalue weighted by Gasteiger charge is -2.31. The van der Waals surface area contributed by atoms with Crippen molar-refractivity contribution in [3.05, 3.63) is 12.2 Å². The average molecular weight is 225 g/mol. The van der Waals surface area contributed by atoms with Crippen LogP contribution in [0, 0.1) is 5.92 Å². The highest BCUT2D eigenvalue weighted by atomic mass is 16.3. The van der Waals surface area contributed by atoms with Gasteiger partial charge in [0.1, 0.15) is 0 Å². The van der Waals surface area contributed by atoms with E-state index in [1.807, 2.05) is 6.92 Å². The first-order chi connectivity index (χ1) is 7.44. The number of hydrogen-bond acceptors (Lipinski definition) is 2. The van der Waals surface area contributed by atoms with Crippen molar-refractivity contribution < 1.29 is 9.90 Å². The zero-order valence-corrected chi connectivity index (χ0v) is 10.6. The second kappa shape index (κ2) is 5.48. The Labute approximate surface area is 98.1 Å². The van der Waals surface area contributed by atoms with Crippen molar-refractivity contribution in [1.29, 1.82) is 0 Å². The highest BCUT2D eigenvalue weighted by Crippen LogP contribution is 2.21. The molecule has 92 valence electrons. The van der Waals surface area contributed by atoms with Crippen LogP contribution in [0.25, 0.3) is 0 Å². The van der Waals surface area contributed by atoms with Crippen LogP contribution < -0.4 is 0 Å². The van der Waals surface area contributed by atoms with Gasteiger partial charge >= 0.3 is 0 Å². The molecule has 1 aliphatic rings. The first-order valence-electron chi connectivity index (χ1n) is 6.10. The molecule has 3 heteroatoms. The van der Waals surface area contributed by atoms with Crippen molar-refractivity contribution in [3.63, 3.8) is 0 Å². The minimum atomic E-state index is -0.809. The fraction of sp³-hybridized carbons (Fsp3) is 0.769. The summed E-state index contributed by atoms with van der Waals surface area (Å²) in [5.74, 6) is 0.307. The van der Waals surface area contributed by atoms with Crippen LogP contribution in [0.5, 0.6) is 0 Å². The smallest absolute Gasteiger partial charge is 0.226 e. The monoisotopic (exact) mass is 225 g/mol. The molecule has 0 aromatic rings. The van der Waals surface area contributed by atoms with Crippen LogP contribution in [0.2, 0.25) is 0 Å². The highest BCUT2D eigenvalue weighted by Gasteiger charge is 2.27. The molecule has 0 saturated carbocycles. The maximum atomic E-state index is 12.2. The van der Waals surface area contributed by atoms with E-state index < -0.39 is 5.60 Å². The maximum absolute atomic E-state index is 12.2. The number of aliphatic hydroxyl groups is 1. The Bertz CT molecular complexity index is 266. The number of nitrogens with zero attached hydrogens (tertiary/aromatic N) is 1. The molecule has 1 amide bonds. The van der Waals surface area contributed by atoms with Crippen molar-refractivity contribution in [2.24, 2.45) is 5.92 Å². The number of carbonyl (C=O) groups excluding carboxylic acids is 1. The van der Waals surface area contributed by atoms with E-state index in [-0.39, 0.29) is 11.8 Å². The summed E-state index contributed by atoms with van der Waals surface area (Å²) in [6, 6.07) is 0. The Morgan fingerprint density at radius 2 is 2.19 bits per heavy atom. The molecule has 0 aromatic heterocycles. The van der Waals surface area contributed by atoms with Gasteiger partial charge in [0.15, 0.2) is 0 Å². The first-order valence-corrected chi connectivity index (χ1v) is 6.10. The predicted molar refractivity (Wildman–Crippen MR) is 65.0 cm³/mol. The molecule has 3 nitrogen and oxygen atoms in total. The Morgan fingerprint density at radius 3 is 2.62 bits per heavy atom. The van der Waals surface area contributed by atoms with Gasteiger partial charge in [-0.15, -0.1) is 0 Å². The third-order valence-corrected chi connectivity index (χ3v) is 2.89. The van der Waals surface area contributed by atoms with Crippen molar-refractivity contribution in [1.82, 2.24) is 4.90 Å². The number of rotatable bonds is 4. The molecule has 0 aromatic carbocycles. The predicted octanol–water partition coefficient (Wildman–Crippen LogP) is 1.96. The summed E-state index contributed by atoms with van der Waals surface area (Å²) < 4.78 is 0. The van der Waals surface area contributed by atoms with E-state index in [4.69, 9.17) is 0 Å². The third kappa shape index (κ3) is 3.97. The molecule has 0 spiro atoms. The average Bonchev–Trinajstić information content (AvgIpc) is 2.25. The molecule has 0 heterocycles. The van der Waals surface area contributed by atoms with Gasteiger partial charge < -0.3 is 10.0 Å². The summed E-state index contributed by atoms with van der Waals surface area (Å²) in [7, 11) is 0. The molecule has 0 fully saturated rings. The summed E-state index contributed by atoms with van der Waals surface area (Å²) in [5.41, 5.74) is -0.809. The Hall–Kier alpha value is -0.830. The zero-order valence-electron chi connectivity index (χ0n) is 10.6. The fourth-order valence-corrected chi connectivity index (χ4v) is 2.09. The minimum Gasteiger partial charge on any atom is -0.389 e. The van der Waals surface area contributed by atoms with Gasteiger partial charge in [0, 0.05) is 19.0 Å². The van der Waals surface area contributed by atoms with Gasteiger partial charge in [-0.25, -0.2) is 0 Å². The molecule has 1 N–H and O–H groups in total. The van der Waals surface area contributed by atoms with Gasteiger partial charge in [-0.05, 0) is 40.0 Å². The van der Waals surface area contributed by atoms with E-state index in [1.54, 1.807) is 18.7 Å². The normalized spacial score (nSPS) is 20.9. The lowest BCUT2D eigenvalue weighted by molar-refractivity contribution is -0.138. The van der Waals surface area contributed by atoms with Crippen molar-refractivity contribution >= 4 is 5.91 Å². The molecule has 1 atom stereocenters. The van der Waals surface area contributed by atoms with Crippen molar-refractivity contribution in [2.45, 2.75) is 45.6 Å². The van der Waals surface area contributed by atoms with E-state index in [0.717, 1.165) is 19.3 Å². The van der Waals surface area contributed by atoms with Crippen LogP contribution in [-0.4, -0.2) is 34.6 Å². The summed E-state index contributed by atoms with van der Waals surface area (Å²) in [4.78, 5) is 14.0. The van der Waals surface area contributed by atoms with Crippen LogP contribution in [0.3, 0.4) is 0 Å². The SMILES string of the molecule is CCN(CC(C)(C)O)C(=O)[C@H]1CC=CCC1. The molecule has 1 aliphatic carbocycles. The lowest BCUT2D eigenvalue weighted by Crippen LogP contribution is -2.44. The summed E-state index contributed by atoms with van der Waals surface area (Å²) in [6.45, 7) is 6.53. The van der Waals surface area contributed by atoms with Gasteiger partial charge in [-0.3, -0.25) is 4.79 Å². The Morgan fingerprint density at radius 1 is 1.50 bits per heavy atom. The van der Waals surface area contributed by atoms with Crippen LogP contribution in [0.1, 0.15) is 40.0 Å². The topological polar surface area (TPSA) is 40.5 Å². The third-order valence-electron chi connectivity index (χ3n) is 2.89. The zero-order chi connectivity index (χ0) is 12.2. The number of amides is 1. The molecule has 0 radical (unpaired) electrons. The number of allylic oxidation sites excluding steroid dienone is 2. The van der Waals surface area contributed by atoms with Crippen LogP contribution >= 0.6 is 0 Å². The van der Waals surface area contributed by atoms with Crippen LogP contribution in [0.4, 0.5) is 0 Å². The van der Waals surface area contributed by atoms with Gasteiger partial charge in [0.05, 0.1) is 5.60 Å². The molecule has 0 saturated heterocycles. The van der Waals surface area contributed by atoms with Gasteiger partial charge in [-0.1, -0.05) is 12.2 Å². The van der Waals surface area contributed by atoms with E-state index in [0.29, 0.717) is 13.1 Å². The molecule has 0 unspecified atom stereocenters. The molecule has 16 heavy (non-hydrogen) atoms. The Balaban J connectivity index is 2.58. The largest absolute Gasteiger partial charge is 0.389 e. The molecule has 1 rings (SSSR count). The molecule has 0 aliphatic heterocycles. The number of carbonyl (C=O) groups is 1. The first kappa shape index (κ1) is 13.2. The second-order valence-electron chi connectivity index (χ2n) is 5.15. The minimum absolute atomic E-state index is 0.118. The van der Waals surface area contributed by atoms with E-state index in [9.17, 15) is 9.90 Å². The summed E-state index contributed by atoms with van der Waals surface area (Å²) in [6.07, 6.45) is 7.01. The van der Waals surface area contributed by atoms with Gasteiger partial charge in [0.2, 0.25) is 5.91 Å². The van der Waals surface area contributed by atoms with Crippen molar-refractivity contribution in [2.75, 3.05) is 13.1 Å². The Kier molecular flexibility index (Phi) is 4.54. The standard InChI is InChI=1S/C13H23NO2/c1-4-14(10-13(2,3)16)12(15)11-8-6-5-7-9-11/h5-6,11,16H,4,7-10H2,1-3H3/t11-/m0/s1.